The topological polar surface area (TPSA) is 67.4 Å². The third-order valence-electron chi connectivity index (χ3n) is 3.02. The van der Waals surface area contributed by atoms with Crippen molar-refractivity contribution in [3.8, 4) is 5.75 Å². The maximum Gasteiger partial charge on any atom is 0.262 e. The van der Waals surface area contributed by atoms with Gasteiger partial charge in [0.2, 0.25) is 5.91 Å². The summed E-state index contributed by atoms with van der Waals surface area (Å²) < 4.78 is 5.39. The zero-order chi connectivity index (χ0) is 16.8. The molecule has 2 amide bonds. The fraction of sp³-hybridized carbons (Fsp3) is 0.176. The highest BCUT2D eigenvalue weighted by Gasteiger charge is 2.07. The Morgan fingerprint density at radius 2 is 1.78 bits per heavy atom. The molecular weight excluding hydrogens is 316 g/mol. The zero-order valence-corrected chi connectivity index (χ0v) is 13.6. The second-order valence-corrected chi connectivity index (χ2v) is 5.44. The minimum atomic E-state index is -0.289. The molecule has 0 aromatic heterocycles. The predicted molar refractivity (Wildman–Crippen MR) is 91.1 cm³/mol. The van der Waals surface area contributed by atoms with Gasteiger partial charge in [-0.3, -0.25) is 9.59 Å². The van der Waals surface area contributed by atoms with Crippen LogP contribution in [0.2, 0.25) is 5.02 Å². The Labute approximate surface area is 139 Å². The summed E-state index contributed by atoms with van der Waals surface area (Å²) in [5.74, 6) is 0.105. The van der Waals surface area contributed by atoms with Crippen LogP contribution in [0.4, 0.5) is 11.4 Å². The molecule has 23 heavy (non-hydrogen) atoms. The standard InChI is InChI=1S/C17H17ClN2O3/c1-11-3-6-14(19-12(2)21)9-16(11)20-17(22)10-23-15-7-4-13(18)5-8-15/h3-9H,10H2,1-2H3,(H,19,21)(H,20,22). The number of amides is 2. The number of nitrogens with one attached hydrogen (secondary N) is 2. The van der Waals surface area contributed by atoms with Crippen molar-refractivity contribution in [2.24, 2.45) is 0 Å². The van der Waals surface area contributed by atoms with Crippen LogP contribution in [0.3, 0.4) is 0 Å². The first-order valence-electron chi connectivity index (χ1n) is 7.00. The Kier molecular flexibility index (Phi) is 5.60. The summed E-state index contributed by atoms with van der Waals surface area (Å²) >= 11 is 5.79. The van der Waals surface area contributed by atoms with Crippen LogP contribution in [0.15, 0.2) is 42.5 Å². The Morgan fingerprint density at radius 3 is 2.43 bits per heavy atom. The summed E-state index contributed by atoms with van der Waals surface area (Å²) in [6.45, 7) is 3.18. The highest BCUT2D eigenvalue weighted by molar-refractivity contribution is 6.30. The van der Waals surface area contributed by atoms with Crippen LogP contribution in [-0.4, -0.2) is 18.4 Å². The van der Waals surface area contributed by atoms with Gasteiger partial charge in [-0.1, -0.05) is 17.7 Å². The van der Waals surface area contributed by atoms with Gasteiger partial charge in [0.1, 0.15) is 5.75 Å². The summed E-state index contributed by atoms with van der Waals surface area (Å²) in [6, 6.07) is 12.1. The number of halogens is 1. The zero-order valence-electron chi connectivity index (χ0n) is 12.9. The number of aryl methyl sites for hydroxylation is 1. The van der Waals surface area contributed by atoms with Gasteiger partial charge in [-0.2, -0.15) is 0 Å². The Balaban J connectivity index is 1.96. The van der Waals surface area contributed by atoms with Crippen molar-refractivity contribution in [2.75, 3.05) is 17.2 Å². The Morgan fingerprint density at radius 1 is 1.09 bits per heavy atom. The molecule has 0 aliphatic heterocycles. The molecular formula is C17H17ClN2O3. The van der Waals surface area contributed by atoms with E-state index >= 15 is 0 Å². The van der Waals surface area contributed by atoms with Crippen LogP contribution in [-0.2, 0) is 9.59 Å². The quantitative estimate of drug-likeness (QED) is 0.878. The minimum Gasteiger partial charge on any atom is -0.484 e. The van der Waals surface area contributed by atoms with Crippen LogP contribution in [0.25, 0.3) is 0 Å². The van der Waals surface area contributed by atoms with E-state index < -0.39 is 0 Å². The van der Waals surface area contributed by atoms with Crippen LogP contribution < -0.4 is 15.4 Å². The van der Waals surface area contributed by atoms with E-state index in [1.54, 1.807) is 36.4 Å². The molecule has 0 unspecified atom stereocenters. The average molecular weight is 333 g/mol. The molecule has 120 valence electrons. The third-order valence-corrected chi connectivity index (χ3v) is 3.27. The molecule has 0 saturated heterocycles. The smallest absolute Gasteiger partial charge is 0.262 e. The number of hydrogen-bond acceptors (Lipinski definition) is 3. The number of hydrogen-bond donors (Lipinski definition) is 2. The fourth-order valence-corrected chi connectivity index (χ4v) is 2.03. The Hall–Kier alpha value is -2.53. The van der Waals surface area contributed by atoms with E-state index in [9.17, 15) is 9.59 Å². The number of carbonyl (C=O) groups is 2. The van der Waals surface area contributed by atoms with Gasteiger partial charge in [0, 0.05) is 23.3 Å². The molecule has 2 aromatic carbocycles. The molecule has 0 atom stereocenters. The van der Waals surface area contributed by atoms with Crippen LogP contribution >= 0.6 is 11.6 Å². The molecule has 2 N–H and O–H groups in total. The van der Waals surface area contributed by atoms with Gasteiger partial charge in [-0.25, -0.2) is 0 Å². The predicted octanol–water partition coefficient (Wildman–Crippen LogP) is 3.62. The monoisotopic (exact) mass is 332 g/mol. The van der Waals surface area contributed by atoms with Gasteiger partial charge in [0.05, 0.1) is 0 Å². The number of ether oxygens (including phenoxy) is 1. The first-order valence-corrected chi connectivity index (χ1v) is 7.38. The highest BCUT2D eigenvalue weighted by Crippen LogP contribution is 2.20. The van der Waals surface area contributed by atoms with Crippen LogP contribution in [0, 0.1) is 6.92 Å². The highest BCUT2D eigenvalue weighted by atomic mass is 35.5. The minimum absolute atomic E-state index is 0.120. The summed E-state index contributed by atoms with van der Waals surface area (Å²) in [5, 5.41) is 6.04. The second kappa shape index (κ2) is 7.65. The summed E-state index contributed by atoms with van der Waals surface area (Å²) in [7, 11) is 0. The van der Waals surface area contributed by atoms with Gasteiger partial charge in [-0.15, -0.1) is 0 Å². The largest absolute Gasteiger partial charge is 0.484 e. The molecule has 0 aliphatic carbocycles. The summed E-state index contributed by atoms with van der Waals surface area (Å²) in [4.78, 5) is 23.1. The summed E-state index contributed by atoms with van der Waals surface area (Å²) in [5.41, 5.74) is 2.14. The molecule has 0 aliphatic rings. The van der Waals surface area contributed by atoms with Crippen molar-refractivity contribution in [3.05, 3.63) is 53.1 Å². The number of rotatable bonds is 5. The molecule has 0 fully saturated rings. The summed E-state index contributed by atoms with van der Waals surface area (Å²) in [6.07, 6.45) is 0. The first kappa shape index (κ1) is 16.8. The van der Waals surface area contributed by atoms with Gasteiger partial charge in [-0.05, 0) is 48.9 Å². The SMILES string of the molecule is CC(=O)Nc1ccc(C)c(NC(=O)COc2ccc(Cl)cc2)c1. The van der Waals surface area contributed by atoms with E-state index in [1.807, 2.05) is 13.0 Å². The van der Waals surface area contributed by atoms with Crippen LogP contribution in [0.1, 0.15) is 12.5 Å². The van der Waals surface area contributed by atoms with Crippen LogP contribution in [0.5, 0.6) is 5.75 Å². The second-order valence-electron chi connectivity index (χ2n) is 5.00. The number of benzene rings is 2. The van der Waals surface area contributed by atoms with E-state index in [1.165, 1.54) is 6.92 Å². The number of anilines is 2. The lowest BCUT2D eigenvalue weighted by Crippen LogP contribution is -2.20. The van der Waals surface area contributed by atoms with Crippen molar-refractivity contribution in [2.45, 2.75) is 13.8 Å². The molecule has 0 spiro atoms. The normalized spacial score (nSPS) is 10.0. The maximum atomic E-state index is 12.0. The molecule has 0 saturated carbocycles. The van der Waals surface area contributed by atoms with E-state index in [-0.39, 0.29) is 18.4 Å². The lowest BCUT2D eigenvalue weighted by Gasteiger charge is -2.11. The lowest BCUT2D eigenvalue weighted by atomic mass is 10.1. The molecule has 6 heteroatoms. The molecule has 2 rings (SSSR count). The van der Waals surface area contributed by atoms with E-state index in [2.05, 4.69) is 10.6 Å². The average Bonchev–Trinajstić information content (AvgIpc) is 2.49. The fourth-order valence-electron chi connectivity index (χ4n) is 1.90. The van der Waals surface area contributed by atoms with Crippen molar-refractivity contribution < 1.29 is 14.3 Å². The lowest BCUT2D eigenvalue weighted by molar-refractivity contribution is -0.118. The van der Waals surface area contributed by atoms with E-state index in [0.29, 0.717) is 22.1 Å². The van der Waals surface area contributed by atoms with E-state index in [4.69, 9.17) is 16.3 Å². The van der Waals surface area contributed by atoms with Crippen molar-refractivity contribution in [3.63, 3.8) is 0 Å². The van der Waals surface area contributed by atoms with Gasteiger partial charge in [0.25, 0.3) is 5.91 Å². The molecule has 5 nitrogen and oxygen atoms in total. The van der Waals surface area contributed by atoms with Gasteiger partial charge >= 0.3 is 0 Å². The van der Waals surface area contributed by atoms with Crippen molar-refractivity contribution in [1.82, 2.24) is 0 Å². The third kappa shape index (κ3) is 5.30. The maximum absolute atomic E-state index is 12.0. The van der Waals surface area contributed by atoms with Crippen molar-refractivity contribution in [1.29, 1.82) is 0 Å². The van der Waals surface area contributed by atoms with Gasteiger partial charge in [0.15, 0.2) is 6.61 Å². The molecule has 0 heterocycles. The molecule has 0 bridgehead atoms. The van der Waals surface area contributed by atoms with Gasteiger partial charge < -0.3 is 15.4 Å². The molecule has 2 aromatic rings. The number of carbonyl (C=O) groups excluding carboxylic acids is 2. The Bertz CT molecular complexity index is 714. The van der Waals surface area contributed by atoms with Crippen molar-refractivity contribution >= 4 is 34.8 Å². The van der Waals surface area contributed by atoms with E-state index in [0.717, 1.165) is 5.56 Å². The molecule has 0 radical (unpaired) electrons. The first-order chi connectivity index (χ1) is 10.9.